The number of rotatable bonds is 7. The van der Waals surface area contributed by atoms with Gasteiger partial charge in [-0.3, -0.25) is 4.39 Å². The molecule has 0 bridgehead atoms. The van der Waals surface area contributed by atoms with Gasteiger partial charge in [0.25, 0.3) is 0 Å². The summed E-state index contributed by atoms with van der Waals surface area (Å²) in [6.07, 6.45) is 6.93. The van der Waals surface area contributed by atoms with E-state index in [1.54, 1.807) is 0 Å². The normalized spacial score (nSPS) is 13.4. The second-order valence-corrected chi connectivity index (χ2v) is 3.25. The molecule has 0 amide bonds. The molecule has 0 N–H and O–H groups in total. The van der Waals surface area contributed by atoms with Crippen molar-refractivity contribution in [1.29, 1.82) is 0 Å². The van der Waals surface area contributed by atoms with E-state index in [0.29, 0.717) is 0 Å². The number of alkyl halides is 1. The predicted octanol–water partition coefficient (Wildman–Crippen LogP) is 3.95. The molecule has 0 aromatic rings. The summed E-state index contributed by atoms with van der Waals surface area (Å²) in [6.45, 7) is 4.32. The monoisotopic (exact) mass is 160 g/mol. The molecule has 0 aliphatic rings. The molecule has 0 saturated heterocycles. The van der Waals surface area contributed by atoms with Crippen LogP contribution in [0.2, 0.25) is 0 Å². The van der Waals surface area contributed by atoms with Crippen LogP contribution in [-0.4, -0.2) is 6.67 Å². The maximum absolute atomic E-state index is 11.7. The molecule has 1 unspecified atom stereocenters. The van der Waals surface area contributed by atoms with Crippen LogP contribution in [0.3, 0.4) is 0 Å². The highest BCUT2D eigenvalue weighted by atomic mass is 19.1. The van der Waals surface area contributed by atoms with Crippen molar-refractivity contribution in [3.63, 3.8) is 0 Å². The summed E-state index contributed by atoms with van der Waals surface area (Å²) in [4.78, 5) is 0. The SMILES string of the molecule is CCCC(CC)CCCCF. The summed E-state index contributed by atoms with van der Waals surface area (Å²) in [7, 11) is 0. The zero-order chi connectivity index (χ0) is 8.53. The van der Waals surface area contributed by atoms with Gasteiger partial charge in [-0.1, -0.05) is 46.0 Å². The topological polar surface area (TPSA) is 0 Å². The molecule has 0 saturated carbocycles. The minimum Gasteiger partial charge on any atom is -0.251 e. The average molecular weight is 160 g/mol. The van der Waals surface area contributed by atoms with Crippen molar-refractivity contribution in [2.45, 2.75) is 52.4 Å². The van der Waals surface area contributed by atoms with E-state index in [1.807, 2.05) is 0 Å². The van der Waals surface area contributed by atoms with Crippen LogP contribution in [0.15, 0.2) is 0 Å². The summed E-state index contributed by atoms with van der Waals surface area (Å²) in [5.74, 6) is 0.853. The lowest BCUT2D eigenvalue weighted by molar-refractivity contribution is 0.387. The fourth-order valence-electron chi connectivity index (χ4n) is 1.49. The molecule has 68 valence electrons. The second kappa shape index (κ2) is 8.03. The van der Waals surface area contributed by atoms with Crippen molar-refractivity contribution >= 4 is 0 Å². The van der Waals surface area contributed by atoms with Gasteiger partial charge < -0.3 is 0 Å². The van der Waals surface area contributed by atoms with Crippen LogP contribution < -0.4 is 0 Å². The van der Waals surface area contributed by atoms with Crippen LogP contribution in [0.25, 0.3) is 0 Å². The Hall–Kier alpha value is -0.0700. The fraction of sp³-hybridized carbons (Fsp3) is 1.00. The van der Waals surface area contributed by atoms with Gasteiger partial charge in [0.15, 0.2) is 0 Å². The van der Waals surface area contributed by atoms with Crippen LogP contribution in [-0.2, 0) is 0 Å². The molecule has 0 rings (SSSR count). The van der Waals surface area contributed by atoms with Gasteiger partial charge in [-0.05, 0) is 12.3 Å². The van der Waals surface area contributed by atoms with Crippen LogP contribution in [0.4, 0.5) is 4.39 Å². The van der Waals surface area contributed by atoms with Gasteiger partial charge in [-0.2, -0.15) is 0 Å². The number of unbranched alkanes of at least 4 members (excludes halogenated alkanes) is 1. The first-order valence-corrected chi connectivity index (χ1v) is 4.91. The van der Waals surface area contributed by atoms with Crippen LogP contribution in [0, 0.1) is 5.92 Å². The molecule has 0 aromatic carbocycles. The predicted molar refractivity (Wildman–Crippen MR) is 48.5 cm³/mol. The van der Waals surface area contributed by atoms with E-state index in [1.165, 1.54) is 25.7 Å². The molecule has 11 heavy (non-hydrogen) atoms. The molecule has 0 fully saturated rings. The molecule has 0 aliphatic heterocycles. The fourth-order valence-corrected chi connectivity index (χ4v) is 1.49. The Morgan fingerprint density at radius 3 is 2.27 bits per heavy atom. The Balaban J connectivity index is 3.20. The van der Waals surface area contributed by atoms with Crippen LogP contribution >= 0.6 is 0 Å². The standard InChI is InChI=1S/C10H21F/c1-3-7-10(4-2)8-5-6-9-11/h10H,3-9H2,1-2H3. The van der Waals surface area contributed by atoms with Crippen LogP contribution in [0.5, 0.6) is 0 Å². The molecular formula is C10H21F. The smallest absolute Gasteiger partial charge is 0.0894 e. The lowest BCUT2D eigenvalue weighted by Crippen LogP contribution is -1.98. The summed E-state index contributed by atoms with van der Waals surface area (Å²) < 4.78 is 11.7. The van der Waals surface area contributed by atoms with Gasteiger partial charge in [0.1, 0.15) is 0 Å². The maximum Gasteiger partial charge on any atom is 0.0894 e. The minimum atomic E-state index is -0.136. The number of hydrogen-bond donors (Lipinski definition) is 0. The van der Waals surface area contributed by atoms with E-state index >= 15 is 0 Å². The Labute approximate surface area is 70.2 Å². The maximum atomic E-state index is 11.7. The van der Waals surface area contributed by atoms with Crippen molar-refractivity contribution in [1.82, 2.24) is 0 Å². The highest BCUT2D eigenvalue weighted by Crippen LogP contribution is 2.17. The van der Waals surface area contributed by atoms with Crippen LogP contribution in [0.1, 0.15) is 52.4 Å². The van der Waals surface area contributed by atoms with E-state index in [-0.39, 0.29) is 6.67 Å². The van der Waals surface area contributed by atoms with Crippen molar-refractivity contribution in [2.24, 2.45) is 5.92 Å². The third kappa shape index (κ3) is 6.33. The molecule has 0 spiro atoms. The van der Waals surface area contributed by atoms with E-state index in [0.717, 1.165) is 18.8 Å². The molecule has 0 aromatic heterocycles. The first kappa shape index (κ1) is 10.9. The van der Waals surface area contributed by atoms with Gasteiger partial charge in [0.2, 0.25) is 0 Å². The summed E-state index contributed by atoms with van der Waals surface area (Å²) in [5, 5.41) is 0. The Bertz CT molecular complexity index is 71.3. The third-order valence-electron chi connectivity index (χ3n) is 2.27. The van der Waals surface area contributed by atoms with Gasteiger partial charge in [0, 0.05) is 0 Å². The molecule has 0 aliphatic carbocycles. The quantitative estimate of drug-likeness (QED) is 0.495. The van der Waals surface area contributed by atoms with Crippen molar-refractivity contribution in [2.75, 3.05) is 6.67 Å². The first-order chi connectivity index (χ1) is 5.35. The summed E-state index contributed by atoms with van der Waals surface area (Å²) >= 11 is 0. The lowest BCUT2D eigenvalue weighted by Gasteiger charge is -2.12. The van der Waals surface area contributed by atoms with Gasteiger partial charge in [-0.15, -0.1) is 0 Å². The number of halogens is 1. The van der Waals surface area contributed by atoms with E-state index in [2.05, 4.69) is 13.8 Å². The molecule has 1 heteroatoms. The Morgan fingerprint density at radius 1 is 1.09 bits per heavy atom. The second-order valence-electron chi connectivity index (χ2n) is 3.25. The average Bonchev–Trinajstić information content (AvgIpc) is 2.03. The van der Waals surface area contributed by atoms with E-state index in [4.69, 9.17) is 0 Å². The zero-order valence-electron chi connectivity index (χ0n) is 7.91. The molecule has 0 nitrogen and oxygen atoms in total. The van der Waals surface area contributed by atoms with Gasteiger partial charge in [-0.25, -0.2) is 0 Å². The van der Waals surface area contributed by atoms with Crippen molar-refractivity contribution in [3.05, 3.63) is 0 Å². The largest absolute Gasteiger partial charge is 0.251 e. The summed E-state index contributed by atoms with van der Waals surface area (Å²) in [6, 6.07) is 0. The Kier molecular flexibility index (Phi) is 7.98. The molecule has 0 heterocycles. The third-order valence-corrected chi connectivity index (χ3v) is 2.27. The zero-order valence-corrected chi connectivity index (χ0v) is 7.91. The summed E-state index contributed by atoms with van der Waals surface area (Å²) in [5.41, 5.74) is 0. The highest BCUT2D eigenvalue weighted by Gasteiger charge is 2.03. The molecule has 0 radical (unpaired) electrons. The lowest BCUT2D eigenvalue weighted by atomic mass is 9.95. The van der Waals surface area contributed by atoms with Gasteiger partial charge in [0.05, 0.1) is 6.67 Å². The van der Waals surface area contributed by atoms with E-state index in [9.17, 15) is 4.39 Å². The van der Waals surface area contributed by atoms with Gasteiger partial charge >= 0.3 is 0 Å². The highest BCUT2D eigenvalue weighted by molar-refractivity contribution is 4.56. The minimum absolute atomic E-state index is 0.136. The number of hydrogen-bond acceptors (Lipinski definition) is 0. The molecule has 1 atom stereocenters. The first-order valence-electron chi connectivity index (χ1n) is 4.91. The van der Waals surface area contributed by atoms with Crippen molar-refractivity contribution < 1.29 is 4.39 Å². The van der Waals surface area contributed by atoms with Crippen molar-refractivity contribution in [3.8, 4) is 0 Å². The van der Waals surface area contributed by atoms with E-state index < -0.39 is 0 Å². The molecular weight excluding hydrogens is 139 g/mol. The Morgan fingerprint density at radius 2 is 1.82 bits per heavy atom.